The van der Waals surface area contributed by atoms with E-state index in [9.17, 15) is 22.8 Å². The molecule has 0 aliphatic heterocycles. The van der Waals surface area contributed by atoms with Crippen molar-refractivity contribution in [2.75, 3.05) is 0 Å². The third-order valence-electron chi connectivity index (χ3n) is 1.74. The van der Waals surface area contributed by atoms with Gasteiger partial charge in [-0.15, -0.1) is 0 Å². The summed E-state index contributed by atoms with van der Waals surface area (Å²) in [4.78, 5) is 25.8. The summed E-state index contributed by atoms with van der Waals surface area (Å²) in [6, 6.07) is 3.76. The summed E-state index contributed by atoms with van der Waals surface area (Å²) >= 11 is 0. The summed E-state index contributed by atoms with van der Waals surface area (Å²) in [7, 11) is 0. The number of rotatable bonds is 1. The summed E-state index contributed by atoms with van der Waals surface area (Å²) in [5.74, 6) is -1.70. The molecule has 0 bridgehead atoms. The van der Waals surface area contributed by atoms with Crippen molar-refractivity contribution in [1.29, 1.82) is 0 Å². The van der Waals surface area contributed by atoms with Gasteiger partial charge >= 0.3 is 12.1 Å². The van der Waals surface area contributed by atoms with Crippen LogP contribution in [-0.4, -0.2) is 11.9 Å². The molecule has 0 spiro atoms. The number of carbonyl (C=O) groups excluding carboxylic acids is 2. The van der Waals surface area contributed by atoms with Gasteiger partial charge in [0.2, 0.25) is 0 Å². The van der Waals surface area contributed by atoms with Crippen molar-refractivity contribution in [3.8, 4) is 0 Å². The molecule has 17 heavy (non-hydrogen) atoms. The first kappa shape index (κ1) is 13.0. The normalized spacial score (nSPS) is 10.8. The third kappa shape index (κ3) is 3.78. The number of amides is 1. The minimum absolute atomic E-state index is 0.249. The van der Waals surface area contributed by atoms with E-state index in [1.54, 1.807) is 5.48 Å². The van der Waals surface area contributed by atoms with Gasteiger partial charge in [0.1, 0.15) is 0 Å². The van der Waals surface area contributed by atoms with Crippen LogP contribution in [0.15, 0.2) is 24.3 Å². The standard InChI is InChI=1S/C10H8F3NO3/c1-6(15)17-14-9(16)7-3-2-4-8(5-7)10(11,12)13/h2-5H,1H3,(H,14,16). The number of benzene rings is 1. The molecule has 0 aliphatic carbocycles. The summed E-state index contributed by atoms with van der Waals surface area (Å²) in [5, 5.41) is 0. The van der Waals surface area contributed by atoms with Gasteiger partial charge in [-0.25, -0.2) is 0 Å². The summed E-state index contributed by atoms with van der Waals surface area (Å²) in [6.45, 7) is 1.05. The molecule has 92 valence electrons. The maximum atomic E-state index is 12.3. The minimum atomic E-state index is -4.53. The molecule has 1 amide bonds. The highest BCUT2D eigenvalue weighted by molar-refractivity contribution is 5.94. The van der Waals surface area contributed by atoms with Crippen LogP contribution in [-0.2, 0) is 15.8 Å². The molecular formula is C10H8F3NO3. The Kier molecular flexibility index (Phi) is 3.72. The van der Waals surface area contributed by atoms with Crippen LogP contribution in [0.1, 0.15) is 22.8 Å². The molecule has 0 aromatic heterocycles. The Balaban J connectivity index is 2.85. The highest BCUT2D eigenvalue weighted by Crippen LogP contribution is 2.29. The van der Waals surface area contributed by atoms with E-state index in [2.05, 4.69) is 4.84 Å². The van der Waals surface area contributed by atoms with E-state index in [1.165, 1.54) is 6.07 Å². The Bertz CT molecular complexity index is 443. The van der Waals surface area contributed by atoms with Gasteiger partial charge in [-0.2, -0.15) is 18.7 Å². The van der Waals surface area contributed by atoms with Crippen molar-refractivity contribution in [3.63, 3.8) is 0 Å². The second-order valence-corrected chi connectivity index (χ2v) is 3.10. The molecule has 0 saturated heterocycles. The lowest BCUT2D eigenvalue weighted by Crippen LogP contribution is -2.26. The van der Waals surface area contributed by atoms with E-state index in [0.29, 0.717) is 6.07 Å². The van der Waals surface area contributed by atoms with Gasteiger partial charge in [-0.1, -0.05) is 6.07 Å². The van der Waals surface area contributed by atoms with Crippen LogP contribution in [0.3, 0.4) is 0 Å². The topological polar surface area (TPSA) is 55.4 Å². The number of hydroxylamine groups is 1. The molecule has 0 unspecified atom stereocenters. The maximum absolute atomic E-state index is 12.3. The highest BCUT2D eigenvalue weighted by atomic mass is 19.4. The second kappa shape index (κ2) is 4.86. The number of hydrogen-bond acceptors (Lipinski definition) is 3. The van der Waals surface area contributed by atoms with Crippen LogP contribution in [0.25, 0.3) is 0 Å². The van der Waals surface area contributed by atoms with E-state index >= 15 is 0 Å². The average Bonchev–Trinajstić information content (AvgIpc) is 2.25. The second-order valence-electron chi connectivity index (χ2n) is 3.10. The van der Waals surface area contributed by atoms with Crippen LogP contribution in [0, 0.1) is 0 Å². The lowest BCUT2D eigenvalue weighted by Gasteiger charge is -2.08. The van der Waals surface area contributed by atoms with Gasteiger partial charge < -0.3 is 4.84 Å². The number of carbonyl (C=O) groups is 2. The average molecular weight is 247 g/mol. The molecule has 0 aliphatic rings. The van der Waals surface area contributed by atoms with Gasteiger partial charge in [0.15, 0.2) is 0 Å². The summed E-state index contributed by atoms with van der Waals surface area (Å²) in [5.41, 5.74) is 0.521. The van der Waals surface area contributed by atoms with Crippen LogP contribution >= 0.6 is 0 Å². The summed E-state index contributed by atoms with van der Waals surface area (Å²) in [6.07, 6.45) is -4.53. The predicted octanol–water partition coefficient (Wildman–Crippen LogP) is 1.91. The Morgan fingerprint density at radius 2 is 1.94 bits per heavy atom. The molecule has 1 aromatic rings. The minimum Gasteiger partial charge on any atom is -0.341 e. The van der Waals surface area contributed by atoms with Crippen molar-refractivity contribution in [2.45, 2.75) is 13.1 Å². The Morgan fingerprint density at radius 1 is 1.29 bits per heavy atom. The molecule has 0 saturated carbocycles. The number of nitrogens with one attached hydrogen (secondary N) is 1. The third-order valence-corrected chi connectivity index (χ3v) is 1.74. The largest absolute Gasteiger partial charge is 0.416 e. The smallest absolute Gasteiger partial charge is 0.341 e. The Labute approximate surface area is 94.3 Å². The maximum Gasteiger partial charge on any atom is 0.416 e. The summed E-state index contributed by atoms with van der Waals surface area (Å²) < 4.78 is 37.0. The number of hydrogen-bond donors (Lipinski definition) is 1. The molecule has 1 N–H and O–H groups in total. The van der Waals surface area contributed by atoms with Crippen molar-refractivity contribution in [2.24, 2.45) is 0 Å². The SMILES string of the molecule is CC(=O)ONC(=O)c1cccc(C(F)(F)F)c1. The van der Waals surface area contributed by atoms with Crippen LogP contribution < -0.4 is 5.48 Å². The van der Waals surface area contributed by atoms with Crippen LogP contribution in [0.5, 0.6) is 0 Å². The first-order valence-corrected chi connectivity index (χ1v) is 4.45. The predicted molar refractivity (Wildman–Crippen MR) is 50.7 cm³/mol. The molecule has 0 radical (unpaired) electrons. The van der Waals surface area contributed by atoms with Crippen molar-refractivity contribution in [1.82, 2.24) is 5.48 Å². The van der Waals surface area contributed by atoms with Gasteiger partial charge in [-0.05, 0) is 18.2 Å². The molecular weight excluding hydrogens is 239 g/mol. The first-order valence-electron chi connectivity index (χ1n) is 4.45. The zero-order valence-corrected chi connectivity index (χ0v) is 8.67. The van der Waals surface area contributed by atoms with E-state index in [4.69, 9.17) is 0 Å². The number of halogens is 3. The molecule has 0 atom stereocenters. The molecule has 4 nitrogen and oxygen atoms in total. The zero-order valence-electron chi connectivity index (χ0n) is 8.67. The van der Waals surface area contributed by atoms with E-state index in [-0.39, 0.29) is 5.56 Å². The van der Waals surface area contributed by atoms with Crippen molar-refractivity contribution >= 4 is 11.9 Å². The van der Waals surface area contributed by atoms with E-state index in [0.717, 1.165) is 19.1 Å². The van der Waals surface area contributed by atoms with Gasteiger partial charge in [0.05, 0.1) is 5.56 Å². The molecule has 0 fully saturated rings. The van der Waals surface area contributed by atoms with E-state index < -0.39 is 23.6 Å². The molecule has 1 aromatic carbocycles. The monoisotopic (exact) mass is 247 g/mol. The fourth-order valence-electron chi connectivity index (χ4n) is 1.01. The number of alkyl halides is 3. The zero-order chi connectivity index (χ0) is 13.1. The lowest BCUT2D eigenvalue weighted by molar-refractivity contribution is -0.146. The highest BCUT2D eigenvalue weighted by Gasteiger charge is 2.30. The Morgan fingerprint density at radius 3 is 2.47 bits per heavy atom. The van der Waals surface area contributed by atoms with Crippen LogP contribution in [0.4, 0.5) is 13.2 Å². The van der Waals surface area contributed by atoms with Crippen LogP contribution in [0.2, 0.25) is 0 Å². The van der Waals surface area contributed by atoms with Gasteiger partial charge in [0, 0.05) is 12.5 Å². The Hall–Kier alpha value is -2.05. The fraction of sp³-hybridized carbons (Fsp3) is 0.200. The van der Waals surface area contributed by atoms with Gasteiger partial charge in [0.25, 0.3) is 5.91 Å². The quantitative estimate of drug-likeness (QED) is 0.771. The van der Waals surface area contributed by atoms with Gasteiger partial charge in [-0.3, -0.25) is 9.59 Å². The molecule has 1 rings (SSSR count). The molecule has 0 heterocycles. The van der Waals surface area contributed by atoms with Crippen molar-refractivity contribution < 1.29 is 27.6 Å². The molecule has 7 heteroatoms. The van der Waals surface area contributed by atoms with Crippen molar-refractivity contribution in [3.05, 3.63) is 35.4 Å². The fourth-order valence-corrected chi connectivity index (χ4v) is 1.01. The lowest BCUT2D eigenvalue weighted by atomic mass is 10.1. The first-order chi connectivity index (χ1) is 7.80. The van der Waals surface area contributed by atoms with E-state index in [1.807, 2.05) is 0 Å².